The van der Waals surface area contributed by atoms with Crippen molar-refractivity contribution in [3.8, 4) is 5.75 Å². The van der Waals surface area contributed by atoms with E-state index in [-0.39, 0.29) is 5.84 Å². The molecule has 0 radical (unpaired) electrons. The molecule has 1 fully saturated rings. The maximum atomic E-state index is 8.74. The molecule has 1 aliphatic heterocycles. The lowest BCUT2D eigenvalue weighted by Gasteiger charge is -2.23. The molecule has 0 aromatic heterocycles. The van der Waals surface area contributed by atoms with Gasteiger partial charge in [0.1, 0.15) is 5.75 Å². The smallest absolute Gasteiger partial charge is 0.170 e. The summed E-state index contributed by atoms with van der Waals surface area (Å²) in [5, 5.41) is 15.2. The number of amidine groups is 1. The van der Waals surface area contributed by atoms with Crippen LogP contribution in [-0.4, -0.2) is 37.4 Å². The SMILES string of the molecule is COc1ccc(/C(N)=N/O)cc1CNC1CCCOC1. The van der Waals surface area contributed by atoms with Gasteiger partial charge in [-0.1, -0.05) is 5.16 Å². The largest absolute Gasteiger partial charge is 0.496 e. The molecule has 6 nitrogen and oxygen atoms in total. The lowest BCUT2D eigenvalue weighted by molar-refractivity contribution is 0.0699. The van der Waals surface area contributed by atoms with Gasteiger partial charge in [0.25, 0.3) is 0 Å². The van der Waals surface area contributed by atoms with Gasteiger partial charge in [-0.3, -0.25) is 0 Å². The molecule has 6 heteroatoms. The molecule has 4 N–H and O–H groups in total. The number of nitrogens with zero attached hydrogens (tertiary/aromatic N) is 1. The van der Waals surface area contributed by atoms with Crippen LogP contribution in [0.2, 0.25) is 0 Å². The molecule has 0 saturated carbocycles. The first-order chi connectivity index (χ1) is 9.74. The molecule has 1 aromatic rings. The molecule has 20 heavy (non-hydrogen) atoms. The second-order valence-corrected chi connectivity index (χ2v) is 4.81. The standard InChI is InChI=1S/C14H21N3O3/c1-19-13-5-4-10(14(15)17-18)7-11(13)8-16-12-3-2-6-20-9-12/h4-5,7,12,16,18H,2-3,6,8-9H2,1H3,(H2,15,17). The second kappa shape index (κ2) is 7.12. The number of nitrogens with two attached hydrogens (primary N) is 1. The summed E-state index contributed by atoms with van der Waals surface area (Å²) in [7, 11) is 1.63. The predicted molar refractivity (Wildman–Crippen MR) is 76.2 cm³/mol. The molecule has 1 atom stereocenters. The minimum absolute atomic E-state index is 0.0925. The van der Waals surface area contributed by atoms with Crippen molar-refractivity contribution in [3.05, 3.63) is 29.3 Å². The van der Waals surface area contributed by atoms with E-state index in [1.165, 1.54) is 0 Å². The summed E-state index contributed by atoms with van der Waals surface area (Å²) in [6.07, 6.45) is 2.20. The summed E-state index contributed by atoms with van der Waals surface area (Å²) in [4.78, 5) is 0. The molecule has 1 saturated heterocycles. The van der Waals surface area contributed by atoms with Gasteiger partial charge in [-0.15, -0.1) is 0 Å². The highest BCUT2D eigenvalue weighted by Gasteiger charge is 2.14. The molecular weight excluding hydrogens is 258 g/mol. The first kappa shape index (κ1) is 14.6. The van der Waals surface area contributed by atoms with Crippen molar-refractivity contribution < 1.29 is 14.7 Å². The Kier molecular flexibility index (Phi) is 5.20. The third kappa shape index (κ3) is 3.61. The van der Waals surface area contributed by atoms with Gasteiger partial charge in [0.15, 0.2) is 5.84 Å². The first-order valence-electron chi connectivity index (χ1n) is 6.70. The van der Waals surface area contributed by atoms with Crippen molar-refractivity contribution in [2.75, 3.05) is 20.3 Å². The van der Waals surface area contributed by atoms with E-state index in [0.717, 1.165) is 37.4 Å². The van der Waals surface area contributed by atoms with Gasteiger partial charge in [-0.2, -0.15) is 0 Å². The monoisotopic (exact) mass is 279 g/mol. The minimum atomic E-state index is 0.0925. The second-order valence-electron chi connectivity index (χ2n) is 4.81. The number of rotatable bonds is 5. The number of hydrogen-bond acceptors (Lipinski definition) is 5. The van der Waals surface area contributed by atoms with Crippen LogP contribution >= 0.6 is 0 Å². The van der Waals surface area contributed by atoms with Gasteiger partial charge in [0.05, 0.1) is 13.7 Å². The summed E-state index contributed by atoms with van der Waals surface area (Å²) in [5.41, 5.74) is 7.26. The molecular formula is C14H21N3O3. The Balaban J connectivity index is 2.07. The molecule has 1 aromatic carbocycles. The van der Waals surface area contributed by atoms with E-state index in [2.05, 4.69) is 10.5 Å². The van der Waals surface area contributed by atoms with Gasteiger partial charge >= 0.3 is 0 Å². The average Bonchev–Trinajstić information content (AvgIpc) is 2.52. The predicted octanol–water partition coefficient (Wildman–Crippen LogP) is 1.06. The fourth-order valence-corrected chi connectivity index (χ4v) is 2.29. The van der Waals surface area contributed by atoms with Crippen molar-refractivity contribution in [1.29, 1.82) is 0 Å². The fourth-order valence-electron chi connectivity index (χ4n) is 2.29. The zero-order valence-electron chi connectivity index (χ0n) is 11.6. The topological polar surface area (TPSA) is 89.1 Å². The zero-order chi connectivity index (χ0) is 14.4. The van der Waals surface area contributed by atoms with Crippen LogP contribution in [-0.2, 0) is 11.3 Å². The zero-order valence-corrected chi connectivity index (χ0v) is 11.6. The molecule has 1 heterocycles. The van der Waals surface area contributed by atoms with Crippen LogP contribution in [0, 0.1) is 0 Å². The summed E-state index contributed by atoms with van der Waals surface area (Å²) < 4.78 is 10.8. The van der Waals surface area contributed by atoms with Crippen LogP contribution in [0.25, 0.3) is 0 Å². The Labute approximate surface area is 118 Å². The van der Waals surface area contributed by atoms with Gasteiger partial charge in [0, 0.05) is 30.3 Å². The molecule has 0 aliphatic carbocycles. The van der Waals surface area contributed by atoms with Crippen molar-refractivity contribution in [3.63, 3.8) is 0 Å². The molecule has 1 aliphatic rings. The normalized spacial score (nSPS) is 19.9. The number of ether oxygens (including phenoxy) is 2. The Morgan fingerprint density at radius 3 is 3.10 bits per heavy atom. The first-order valence-corrected chi connectivity index (χ1v) is 6.70. The summed E-state index contributed by atoms with van der Waals surface area (Å²) in [6.45, 7) is 2.24. The maximum Gasteiger partial charge on any atom is 0.170 e. The van der Waals surface area contributed by atoms with Crippen LogP contribution in [0.15, 0.2) is 23.4 Å². The molecule has 0 amide bonds. The maximum absolute atomic E-state index is 8.74. The van der Waals surface area contributed by atoms with Gasteiger partial charge in [-0.25, -0.2) is 0 Å². The highest BCUT2D eigenvalue weighted by atomic mass is 16.5. The van der Waals surface area contributed by atoms with Gasteiger partial charge in [-0.05, 0) is 31.0 Å². The Morgan fingerprint density at radius 1 is 1.60 bits per heavy atom. The quantitative estimate of drug-likeness (QED) is 0.324. The van der Waals surface area contributed by atoms with E-state index < -0.39 is 0 Å². The summed E-state index contributed by atoms with van der Waals surface area (Å²) >= 11 is 0. The van der Waals surface area contributed by atoms with Crippen LogP contribution in [0.3, 0.4) is 0 Å². The minimum Gasteiger partial charge on any atom is -0.496 e. The van der Waals surface area contributed by atoms with Gasteiger partial charge in [0.2, 0.25) is 0 Å². The summed E-state index contributed by atoms with van der Waals surface area (Å²) in [5.74, 6) is 0.874. The third-order valence-corrected chi connectivity index (χ3v) is 3.43. The van der Waals surface area contributed by atoms with E-state index >= 15 is 0 Å². The van der Waals surface area contributed by atoms with Crippen molar-refractivity contribution in [1.82, 2.24) is 5.32 Å². The highest BCUT2D eigenvalue weighted by molar-refractivity contribution is 5.97. The van der Waals surface area contributed by atoms with Crippen molar-refractivity contribution in [2.45, 2.75) is 25.4 Å². The molecule has 2 rings (SSSR count). The number of nitrogens with one attached hydrogen (secondary N) is 1. The number of methoxy groups -OCH3 is 1. The van der Waals surface area contributed by atoms with Crippen molar-refractivity contribution in [2.24, 2.45) is 10.9 Å². The van der Waals surface area contributed by atoms with Gasteiger partial charge < -0.3 is 25.7 Å². The number of oxime groups is 1. The van der Waals surface area contributed by atoms with Crippen LogP contribution in [0.4, 0.5) is 0 Å². The average molecular weight is 279 g/mol. The number of benzene rings is 1. The van der Waals surface area contributed by atoms with E-state index in [9.17, 15) is 0 Å². The molecule has 110 valence electrons. The number of hydrogen-bond donors (Lipinski definition) is 3. The van der Waals surface area contributed by atoms with Crippen LogP contribution in [0.5, 0.6) is 5.75 Å². The Hall–Kier alpha value is -1.79. The van der Waals surface area contributed by atoms with E-state index in [0.29, 0.717) is 18.2 Å². The molecule has 1 unspecified atom stereocenters. The highest BCUT2D eigenvalue weighted by Crippen LogP contribution is 2.20. The van der Waals surface area contributed by atoms with E-state index in [1.807, 2.05) is 12.1 Å². The molecule has 0 spiro atoms. The Morgan fingerprint density at radius 2 is 2.45 bits per heavy atom. The Bertz CT molecular complexity index is 471. The fraction of sp³-hybridized carbons (Fsp3) is 0.500. The summed E-state index contributed by atoms with van der Waals surface area (Å²) in [6, 6.07) is 5.81. The lowest BCUT2D eigenvalue weighted by Crippen LogP contribution is -2.36. The lowest BCUT2D eigenvalue weighted by atomic mass is 10.1. The van der Waals surface area contributed by atoms with Crippen molar-refractivity contribution >= 4 is 5.84 Å². The molecule has 0 bridgehead atoms. The third-order valence-electron chi connectivity index (χ3n) is 3.43. The van der Waals surface area contributed by atoms with E-state index in [4.69, 9.17) is 20.4 Å². The van der Waals surface area contributed by atoms with Crippen LogP contribution in [0.1, 0.15) is 24.0 Å². The van der Waals surface area contributed by atoms with Crippen LogP contribution < -0.4 is 15.8 Å². The van der Waals surface area contributed by atoms with E-state index in [1.54, 1.807) is 13.2 Å².